The Morgan fingerprint density at radius 2 is 1.32 bits per heavy atom. The first kappa shape index (κ1) is 44.8. The molecule has 6 heterocycles. The minimum atomic E-state index is -4.79. The van der Waals surface area contributed by atoms with Gasteiger partial charge in [0.15, 0.2) is 11.4 Å². The first-order chi connectivity index (χ1) is 29.5. The summed E-state index contributed by atoms with van der Waals surface area (Å²) in [4.78, 5) is 33.3. The van der Waals surface area contributed by atoms with Gasteiger partial charge >= 0.3 is 12.4 Å². The van der Waals surface area contributed by atoms with Gasteiger partial charge in [-0.3, -0.25) is 19.6 Å². The lowest BCUT2D eigenvalue weighted by Crippen LogP contribution is -2.39. The number of nitrogens with one attached hydrogen (secondary N) is 1. The lowest BCUT2D eigenvalue weighted by atomic mass is 9.86. The number of carbonyl (C=O) groups excluding carboxylic acids is 2. The third-order valence-electron chi connectivity index (χ3n) is 13.0. The summed E-state index contributed by atoms with van der Waals surface area (Å²) in [5.74, 6) is -2.22. The van der Waals surface area contributed by atoms with Crippen molar-refractivity contribution in [2.45, 2.75) is 116 Å². The number of halogens is 6. The maximum atomic E-state index is 15.0. The Morgan fingerprint density at radius 1 is 0.746 bits per heavy atom. The van der Waals surface area contributed by atoms with Gasteiger partial charge < -0.3 is 9.80 Å². The number of carbonyl (C=O) groups is 2. The van der Waals surface area contributed by atoms with Crippen molar-refractivity contribution in [1.29, 1.82) is 0 Å². The average Bonchev–Trinajstić information content (AvgIpc) is 4.01. The number of alkyl halides is 6. The highest BCUT2D eigenvalue weighted by atomic mass is 32.2. The SMILES string of the molecule is CC(C)CS(=O)(=O)N1Cc2c(C(=O)N3CCC(c4ccccc4C(F)(F)F)CC3)nn(-c3ccc(C4CCN(C(=O)c5n[nH]c6c5CN(C(C)(C)C)C6)CC4)c(C(F)(F)F)c3)c2C1. The lowest BCUT2D eigenvalue weighted by molar-refractivity contribution is -0.139. The molecule has 4 aliphatic heterocycles. The molecule has 0 saturated carbocycles. The molecule has 2 aromatic carbocycles. The number of nitrogens with zero attached hydrogens (tertiary/aromatic N) is 7. The van der Waals surface area contributed by atoms with Gasteiger partial charge in [0.05, 0.1) is 40.5 Å². The minimum absolute atomic E-state index is 0.00347. The van der Waals surface area contributed by atoms with Gasteiger partial charge in [-0.05, 0) is 93.5 Å². The second-order valence-electron chi connectivity index (χ2n) is 18.7. The number of hydrogen-bond acceptors (Lipinski definition) is 7. The highest BCUT2D eigenvalue weighted by Crippen LogP contribution is 2.43. The fourth-order valence-electron chi connectivity index (χ4n) is 9.59. The highest BCUT2D eigenvalue weighted by Gasteiger charge is 2.42. The van der Waals surface area contributed by atoms with Gasteiger partial charge in [-0.15, -0.1) is 0 Å². The second-order valence-corrected chi connectivity index (χ2v) is 20.7. The van der Waals surface area contributed by atoms with E-state index in [1.54, 1.807) is 24.8 Å². The zero-order valence-electron chi connectivity index (χ0n) is 35.9. The zero-order chi connectivity index (χ0) is 45.4. The summed E-state index contributed by atoms with van der Waals surface area (Å²) in [7, 11) is -3.85. The number of benzene rings is 2. The molecule has 0 spiro atoms. The number of fused-ring (bicyclic) bond motifs is 2. The van der Waals surface area contributed by atoms with Gasteiger partial charge in [-0.2, -0.15) is 40.8 Å². The molecule has 2 saturated heterocycles. The van der Waals surface area contributed by atoms with Crippen molar-refractivity contribution in [1.82, 2.24) is 39.0 Å². The van der Waals surface area contributed by atoms with Gasteiger partial charge in [0, 0.05) is 62.5 Å². The number of rotatable bonds is 8. The summed E-state index contributed by atoms with van der Waals surface area (Å²) in [5, 5.41) is 11.9. The Hall–Kier alpha value is -4.75. The third kappa shape index (κ3) is 8.76. The summed E-state index contributed by atoms with van der Waals surface area (Å²) >= 11 is 0. The Balaban J connectivity index is 1.04. The molecule has 0 radical (unpaired) electrons. The van der Waals surface area contributed by atoms with E-state index < -0.39 is 51.2 Å². The Bertz CT molecular complexity index is 2510. The van der Waals surface area contributed by atoms with E-state index in [0.717, 1.165) is 23.4 Å². The van der Waals surface area contributed by atoms with Crippen molar-refractivity contribution in [3.8, 4) is 5.69 Å². The maximum absolute atomic E-state index is 15.0. The van der Waals surface area contributed by atoms with Gasteiger partial charge in [0.2, 0.25) is 10.0 Å². The van der Waals surface area contributed by atoms with E-state index in [-0.39, 0.29) is 122 Å². The van der Waals surface area contributed by atoms with E-state index in [9.17, 15) is 31.2 Å². The zero-order valence-corrected chi connectivity index (χ0v) is 36.7. The molecule has 63 heavy (non-hydrogen) atoms. The summed E-state index contributed by atoms with van der Waals surface area (Å²) in [6.45, 7) is 11.2. The molecular weight excluding hydrogens is 851 g/mol. The molecule has 0 aliphatic carbocycles. The van der Waals surface area contributed by atoms with Crippen LogP contribution >= 0.6 is 0 Å². The minimum Gasteiger partial charge on any atom is -0.337 e. The van der Waals surface area contributed by atoms with Crippen molar-refractivity contribution < 1.29 is 44.3 Å². The summed E-state index contributed by atoms with van der Waals surface area (Å²) in [5.41, 5.74) is 0.995. The van der Waals surface area contributed by atoms with E-state index in [2.05, 4.69) is 41.0 Å². The molecule has 0 unspecified atom stereocenters. The van der Waals surface area contributed by atoms with Crippen molar-refractivity contribution in [2.75, 3.05) is 31.9 Å². The Morgan fingerprint density at radius 3 is 1.89 bits per heavy atom. The van der Waals surface area contributed by atoms with Crippen molar-refractivity contribution >= 4 is 21.8 Å². The fraction of sp³-hybridized carbons (Fsp3) is 0.545. The van der Waals surface area contributed by atoms with E-state index >= 15 is 13.2 Å². The molecule has 19 heteroatoms. The van der Waals surface area contributed by atoms with Crippen LogP contribution in [0.25, 0.3) is 5.69 Å². The van der Waals surface area contributed by atoms with Gasteiger partial charge in [0.25, 0.3) is 11.8 Å². The summed E-state index contributed by atoms with van der Waals surface area (Å²) in [6, 6.07) is 9.25. The molecule has 4 aromatic rings. The molecule has 1 N–H and O–H groups in total. The molecule has 12 nitrogen and oxygen atoms in total. The molecule has 8 rings (SSSR count). The van der Waals surface area contributed by atoms with Crippen LogP contribution in [0.3, 0.4) is 0 Å². The van der Waals surface area contributed by atoms with Crippen LogP contribution in [-0.4, -0.2) is 96.7 Å². The normalized spacial score (nSPS) is 18.7. The van der Waals surface area contributed by atoms with Crippen LogP contribution in [0.15, 0.2) is 42.5 Å². The summed E-state index contributed by atoms with van der Waals surface area (Å²) in [6.07, 6.45) is -8.29. The van der Waals surface area contributed by atoms with Crippen LogP contribution in [0.1, 0.15) is 138 Å². The van der Waals surface area contributed by atoms with Gasteiger partial charge in [0.1, 0.15) is 0 Å². The number of amides is 2. The molecule has 2 aromatic heterocycles. The van der Waals surface area contributed by atoms with Crippen LogP contribution in [0.5, 0.6) is 0 Å². The molecular formula is C44H52F6N8O4S. The number of aromatic nitrogens is 4. The van der Waals surface area contributed by atoms with E-state index in [0.29, 0.717) is 18.8 Å². The van der Waals surface area contributed by atoms with Crippen LogP contribution < -0.4 is 0 Å². The smallest absolute Gasteiger partial charge is 0.337 e. The predicted octanol–water partition coefficient (Wildman–Crippen LogP) is 8.09. The topological polar surface area (TPSA) is 128 Å². The number of H-pyrrole nitrogens is 1. The maximum Gasteiger partial charge on any atom is 0.416 e. The molecule has 2 amide bonds. The van der Waals surface area contributed by atoms with E-state index in [1.165, 1.54) is 38.2 Å². The fourth-order valence-corrected chi connectivity index (χ4v) is 11.3. The molecule has 340 valence electrons. The monoisotopic (exact) mass is 902 g/mol. The third-order valence-corrected chi connectivity index (χ3v) is 15.1. The summed E-state index contributed by atoms with van der Waals surface area (Å²) < 4.78 is 116. The number of piperidine rings is 2. The first-order valence-corrected chi connectivity index (χ1v) is 23.0. The quantitative estimate of drug-likeness (QED) is 0.177. The number of likely N-dealkylation sites (tertiary alicyclic amines) is 2. The van der Waals surface area contributed by atoms with Crippen molar-refractivity contribution in [3.63, 3.8) is 0 Å². The van der Waals surface area contributed by atoms with E-state index in [1.807, 2.05) is 0 Å². The number of sulfonamides is 1. The van der Waals surface area contributed by atoms with Gasteiger partial charge in [-0.25, -0.2) is 13.1 Å². The lowest BCUT2D eigenvalue weighted by Gasteiger charge is -2.33. The largest absolute Gasteiger partial charge is 0.416 e. The molecule has 4 aliphatic rings. The van der Waals surface area contributed by atoms with Crippen LogP contribution in [0.2, 0.25) is 0 Å². The highest BCUT2D eigenvalue weighted by molar-refractivity contribution is 7.89. The molecule has 2 fully saturated rings. The van der Waals surface area contributed by atoms with Crippen LogP contribution in [0.4, 0.5) is 26.3 Å². The van der Waals surface area contributed by atoms with Gasteiger partial charge in [-0.1, -0.05) is 38.1 Å². The van der Waals surface area contributed by atoms with Crippen LogP contribution in [0, 0.1) is 5.92 Å². The van der Waals surface area contributed by atoms with E-state index in [4.69, 9.17) is 0 Å². The van der Waals surface area contributed by atoms with Crippen LogP contribution in [-0.2, 0) is 48.6 Å². The van der Waals surface area contributed by atoms with Crippen molar-refractivity contribution in [3.05, 3.63) is 98.6 Å². The predicted molar refractivity (Wildman–Crippen MR) is 221 cm³/mol. The van der Waals surface area contributed by atoms with Crippen molar-refractivity contribution in [2.24, 2.45) is 5.92 Å². The Labute approximate surface area is 362 Å². The Kier molecular flexibility index (Phi) is 11.6. The molecule has 0 bridgehead atoms. The average molecular weight is 903 g/mol. The molecule has 0 atom stereocenters. The number of aromatic amines is 1. The number of hydrogen-bond donors (Lipinski definition) is 1. The first-order valence-electron chi connectivity index (χ1n) is 21.4. The standard InChI is InChI=1S/C44H52F6N8O4S/c1-26(2)25-63(61,62)57-22-33-37(24-57)58(53-39(33)41(60)55-18-12-27(13-19-55)30-8-6-7-9-34(30)43(45,46)47)29-10-11-31(35(20-29)44(48,49)50)28-14-16-54(17-15-28)40(59)38-32-21-56(42(3,4)5)23-36(32)51-52-38/h6-11,20,26-28H,12-19,21-25H2,1-5H3,(H,51,52). The second kappa shape index (κ2) is 16.4.